The molecule has 0 aliphatic carbocycles. The van der Waals surface area contributed by atoms with Crippen LogP contribution in [0.5, 0.6) is 0 Å². The highest BCUT2D eigenvalue weighted by Crippen LogP contribution is 2.25. The van der Waals surface area contributed by atoms with E-state index in [1.165, 1.54) is 0 Å². The molecule has 16 heavy (non-hydrogen) atoms. The van der Waals surface area contributed by atoms with E-state index < -0.39 is 0 Å². The molecule has 0 fully saturated rings. The topological polar surface area (TPSA) is 57.0 Å². The zero-order valence-corrected chi connectivity index (χ0v) is 9.68. The third-order valence-electron chi connectivity index (χ3n) is 2.83. The van der Waals surface area contributed by atoms with Gasteiger partial charge in [0, 0.05) is 6.07 Å². The van der Waals surface area contributed by atoms with Crippen LogP contribution in [0.3, 0.4) is 0 Å². The van der Waals surface area contributed by atoms with Gasteiger partial charge in [0.25, 0.3) is 0 Å². The number of hydrogen-bond acceptors (Lipinski definition) is 3. The number of nitrogen functional groups attached to an aromatic ring is 1. The molecule has 2 rings (SSSR count). The molecular weight excluding hydrogens is 202 g/mol. The first-order valence-corrected chi connectivity index (χ1v) is 5.65. The molecular formula is C12H17N3O. The van der Waals surface area contributed by atoms with Crippen molar-refractivity contribution in [1.29, 1.82) is 0 Å². The maximum Gasteiger partial charge on any atom is 0.154 e. The zero-order chi connectivity index (χ0) is 11.5. The van der Waals surface area contributed by atoms with Gasteiger partial charge >= 0.3 is 0 Å². The molecule has 2 aromatic rings. The van der Waals surface area contributed by atoms with Crippen molar-refractivity contribution in [3.8, 4) is 11.5 Å². The van der Waals surface area contributed by atoms with Crippen molar-refractivity contribution in [2.45, 2.75) is 32.7 Å². The van der Waals surface area contributed by atoms with Crippen molar-refractivity contribution in [1.82, 2.24) is 9.78 Å². The van der Waals surface area contributed by atoms with E-state index in [9.17, 15) is 0 Å². The summed E-state index contributed by atoms with van der Waals surface area (Å²) in [5, 5.41) is 4.49. The van der Waals surface area contributed by atoms with Crippen LogP contribution >= 0.6 is 0 Å². The van der Waals surface area contributed by atoms with Gasteiger partial charge in [0.15, 0.2) is 5.76 Å². The van der Waals surface area contributed by atoms with Gasteiger partial charge in [-0.25, -0.2) is 4.68 Å². The summed E-state index contributed by atoms with van der Waals surface area (Å²) in [5.41, 5.74) is 6.76. The minimum absolute atomic E-state index is 0.365. The summed E-state index contributed by atoms with van der Waals surface area (Å²) in [5.74, 6) is 1.46. The smallest absolute Gasteiger partial charge is 0.154 e. The molecule has 0 saturated carbocycles. The molecule has 4 heteroatoms. The van der Waals surface area contributed by atoms with Crippen LogP contribution in [0.15, 0.2) is 28.9 Å². The van der Waals surface area contributed by atoms with Crippen molar-refractivity contribution in [3.63, 3.8) is 0 Å². The lowest BCUT2D eigenvalue weighted by atomic mass is 10.2. The first kappa shape index (κ1) is 10.8. The second-order valence-corrected chi connectivity index (χ2v) is 3.85. The molecule has 4 nitrogen and oxygen atoms in total. The van der Waals surface area contributed by atoms with E-state index in [0.717, 1.165) is 24.3 Å². The number of hydrogen-bond donors (Lipinski definition) is 1. The minimum atomic E-state index is 0.365. The number of nitrogens with two attached hydrogens (primary N) is 1. The van der Waals surface area contributed by atoms with Gasteiger partial charge in [-0.3, -0.25) is 0 Å². The van der Waals surface area contributed by atoms with Crippen LogP contribution in [-0.2, 0) is 0 Å². The Morgan fingerprint density at radius 3 is 2.75 bits per heavy atom. The standard InChI is InChI=1S/C12H17N3O/c1-3-9(4-2)15-12(13)8-10(14-15)11-6-5-7-16-11/h5-9H,3-4,13H2,1-2H3. The van der Waals surface area contributed by atoms with Gasteiger partial charge in [0.2, 0.25) is 0 Å². The lowest BCUT2D eigenvalue weighted by molar-refractivity contribution is 0.434. The Kier molecular flexibility index (Phi) is 2.99. The second kappa shape index (κ2) is 4.43. The van der Waals surface area contributed by atoms with Crippen molar-refractivity contribution in [2.24, 2.45) is 0 Å². The predicted molar refractivity (Wildman–Crippen MR) is 64.0 cm³/mol. The Hall–Kier alpha value is -1.71. The molecule has 0 unspecified atom stereocenters. The van der Waals surface area contributed by atoms with Gasteiger partial charge in [0.05, 0.1) is 12.3 Å². The second-order valence-electron chi connectivity index (χ2n) is 3.85. The lowest BCUT2D eigenvalue weighted by Crippen LogP contribution is -2.11. The third-order valence-corrected chi connectivity index (χ3v) is 2.83. The summed E-state index contributed by atoms with van der Waals surface area (Å²) < 4.78 is 7.19. The number of anilines is 1. The Morgan fingerprint density at radius 1 is 1.44 bits per heavy atom. The molecule has 0 aromatic carbocycles. The summed E-state index contributed by atoms with van der Waals surface area (Å²) in [7, 11) is 0. The molecule has 2 heterocycles. The summed E-state index contributed by atoms with van der Waals surface area (Å²) in [4.78, 5) is 0. The highest BCUT2D eigenvalue weighted by atomic mass is 16.3. The van der Waals surface area contributed by atoms with Gasteiger partial charge in [0.1, 0.15) is 11.5 Å². The Morgan fingerprint density at radius 2 is 2.19 bits per heavy atom. The van der Waals surface area contributed by atoms with E-state index in [1.807, 2.05) is 22.9 Å². The molecule has 0 bridgehead atoms. The summed E-state index contributed by atoms with van der Waals surface area (Å²) in [6.07, 6.45) is 3.70. The first-order chi connectivity index (χ1) is 7.76. The maximum atomic E-state index is 5.96. The fourth-order valence-electron chi connectivity index (χ4n) is 1.88. The van der Waals surface area contributed by atoms with E-state index in [0.29, 0.717) is 11.9 Å². The Balaban J connectivity index is 2.35. The van der Waals surface area contributed by atoms with Crippen LogP contribution in [0, 0.1) is 0 Å². The summed E-state index contributed by atoms with van der Waals surface area (Å²) in [6.45, 7) is 4.28. The number of rotatable bonds is 4. The number of aromatic nitrogens is 2. The molecule has 0 radical (unpaired) electrons. The number of nitrogens with zero attached hydrogens (tertiary/aromatic N) is 2. The van der Waals surface area contributed by atoms with Crippen molar-refractivity contribution >= 4 is 5.82 Å². The quantitative estimate of drug-likeness (QED) is 0.859. The van der Waals surface area contributed by atoms with E-state index in [4.69, 9.17) is 10.2 Å². The average Bonchev–Trinajstić information content (AvgIpc) is 2.90. The molecule has 0 aliphatic rings. The first-order valence-electron chi connectivity index (χ1n) is 5.65. The van der Waals surface area contributed by atoms with Crippen LogP contribution in [0.2, 0.25) is 0 Å². The maximum absolute atomic E-state index is 5.96. The molecule has 0 amide bonds. The fourth-order valence-corrected chi connectivity index (χ4v) is 1.88. The van der Waals surface area contributed by atoms with Gasteiger partial charge in [-0.05, 0) is 25.0 Å². The molecule has 0 aliphatic heterocycles. The monoisotopic (exact) mass is 219 g/mol. The normalized spacial score (nSPS) is 11.2. The molecule has 0 saturated heterocycles. The minimum Gasteiger partial charge on any atom is -0.463 e. The van der Waals surface area contributed by atoms with Crippen LogP contribution < -0.4 is 5.73 Å². The number of furan rings is 1. The highest BCUT2D eigenvalue weighted by molar-refractivity contribution is 5.56. The average molecular weight is 219 g/mol. The van der Waals surface area contributed by atoms with Gasteiger partial charge in [-0.15, -0.1) is 0 Å². The molecule has 0 atom stereocenters. The van der Waals surface area contributed by atoms with Crippen LogP contribution in [0.25, 0.3) is 11.5 Å². The Labute approximate surface area is 95.1 Å². The summed E-state index contributed by atoms with van der Waals surface area (Å²) in [6, 6.07) is 5.96. The molecule has 2 N–H and O–H groups in total. The van der Waals surface area contributed by atoms with Gasteiger partial charge in [-0.2, -0.15) is 5.10 Å². The summed E-state index contributed by atoms with van der Waals surface area (Å²) >= 11 is 0. The predicted octanol–water partition coefficient (Wildman–Crippen LogP) is 3.09. The third kappa shape index (κ3) is 1.83. The zero-order valence-electron chi connectivity index (χ0n) is 9.68. The molecule has 86 valence electrons. The van der Waals surface area contributed by atoms with E-state index in [-0.39, 0.29) is 0 Å². The van der Waals surface area contributed by atoms with E-state index in [2.05, 4.69) is 18.9 Å². The van der Waals surface area contributed by atoms with Crippen LogP contribution in [0.4, 0.5) is 5.82 Å². The van der Waals surface area contributed by atoms with Crippen LogP contribution in [0.1, 0.15) is 32.7 Å². The largest absolute Gasteiger partial charge is 0.463 e. The molecule has 2 aromatic heterocycles. The fraction of sp³-hybridized carbons (Fsp3) is 0.417. The van der Waals surface area contributed by atoms with E-state index >= 15 is 0 Å². The molecule has 0 spiro atoms. The van der Waals surface area contributed by atoms with Crippen molar-refractivity contribution in [3.05, 3.63) is 24.5 Å². The lowest BCUT2D eigenvalue weighted by Gasteiger charge is -2.14. The van der Waals surface area contributed by atoms with Crippen LogP contribution in [-0.4, -0.2) is 9.78 Å². The SMILES string of the molecule is CCC(CC)n1nc(-c2ccco2)cc1N. The Bertz CT molecular complexity index is 441. The highest BCUT2D eigenvalue weighted by Gasteiger charge is 2.14. The van der Waals surface area contributed by atoms with Crippen molar-refractivity contribution < 1.29 is 4.42 Å². The van der Waals surface area contributed by atoms with Gasteiger partial charge in [-0.1, -0.05) is 13.8 Å². The van der Waals surface area contributed by atoms with Gasteiger partial charge < -0.3 is 10.2 Å². The van der Waals surface area contributed by atoms with E-state index in [1.54, 1.807) is 6.26 Å². The van der Waals surface area contributed by atoms with Crippen molar-refractivity contribution in [2.75, 3.05) is 5.73 Å².